The van der Waals surface area contributed by atoms with Crippen LogP contribution in [0.4, 0.5) is 0 Å². The lowest BCUT2D eigenvalue weighted by Crippen LogP contribution is -2.36. The Morgan fingerprint density at radius 2 is 2.05 bits per heavy atom. The standard InChI is InChI=1S/C15H22N2O3/c1-12-13(4-2-5-14(12)19)15(20)17-7-3-6-16(8-9-17)10-11-18/h2,4-5,18-19H,3,6-11H2,1H3. The molecule has 0 aliphatic carbocycles. The van der Waals surface area contributed by atoms with Gasteiger partial charge in [0.2, 0.25) is 0 Å². The van der Waals surface area contributed by atoms with Crippen molar-refractivity contribution >= 4 is 5.91 Å². The number of benzene rings is 1. The van der Waals surface area contributed by atoms with E-state index in [1.165, 1.54) is 0 Å². The van der Waals surface area contributed by atoms with Crippen LogP contribution in [0.2, 0.25) is 0 Å². The maximum absolute atomic E-state index is 12.5. The lowest BCUT2D eigenvalue weighted by atomic mass is 10.1. The number of amides is 1. The van der Waals surface area contributed by atoms with Crippen molar-refractivity contribution in [2.24, 2.45) is 0 Å². The summed E-state index contributed by atoms with van der Waals surface area (Å²) in [5, 5.41) is 18.7. The van der Waals surface area contributed by atoms with Crippen molar-refractivity contribution in [2.45, 2.75) is 13.3 Å². The molecule has 0 bridgehead atoms. The quantitative estimate of drug-likeness (QED) is 0.860. The number of aliphatic hydroxyl groups excluding tert-OH is 1. The SMILES string of the molecule is Cc1c(O)cccc1C(=O)N1CCCN(CCO)CC1. The van der Waals surface area contributed by atoms with E-state index in [-0.39, 0.29) is 18.3 Å². The average Bonchev–Trinajstić information content (AvgIpc) is 2.67. The number of aromatic hydroxyl groups is 1. The second-order valence-electron chi connectivity index (χ2n) is 5.16. The predicted molar refractivity (Wildman–Crippen MR) is 76.9 cm³/mol. The Kier molecular flexibility index (Phi) is 4.98. The molecule has 1 saturated heterocycles. The molecule has 5 heteroatoms. The molecule has 1 aliphatic heterocycles. The van der Waals surface area contributed by atoms with Crippen molar-refractivity contribution in [3.05, 3.63) is 29.3 Å². The molecule has 2 rings (SSSR count). The minimum absolute atomic E-state index is 0.0238. The Labute approximate surface area is 119 Å². The van der Waals surface area contributed by atoms with Gasteiger partial charge in [-0.1, -0.05) is 6.07 Å². The van der Waals surface area contributed by atoms with Crippen LogP contribution in [-0.2, 0) is 0 Å². The molecule has 1 amide bonds. The molecule has 2 N–H and O–H groups in total. The van der Waals surface area contributed by atoms with E-state index < -0.39 is 0 Å². The maximum atomic E-state index is 12.5. The number of β-amino-alcohol motifs (C(OH)–C–C–N with tert-alkyl or cyclic N) is 1. The fourth-order valence-corrected chi connectivity index (χ4v) is 2.56. The Balaban J connectivity index is 2.07. The molecule has 0 unspecified atom stereocenters. The highest BCUT2D eigenvalue weighted by atomic mass is 16.3. The molecule has 0 aromatic heterocycles. The molecule has 1 aliphatic rings. The number of carbonyl (C=O) groups is 1. The fraction of sp³-hybridized carbons (Fsp3) is 0.533. The first-order valence-corrected chi connectivity index (χ1v) is 7.04. The van der Waals surface area contributed by atoms with Crippen LogP contribution in [0.15, 0.2) is 18.2 Å². The van der Waals surface area contributed by atoms with E-state index in [2.05, 4.69) is 4.90 Å². The molecular formula is C15H22N2O3. The smallest absolute Gasteiger partial charge is 0.254 e. The van der Waals surface area contributed by atoms with Gasteiger partial charge in [0, 0.05) is 37.3 Å². The summed E-state index contributed by atoms with van der Waals surface area (Å²) >= 11 is 0. The van der Waals surface area contributed by atoms with E-state index >= 15 is 0 Å². The van der Waals surface area contributed by atoms with Gasteiger partial charge in [0.05, 0.1) is 6.61 Å². The van der Waals surface area contributed by atoms with Crippen LogP contribution in [0.3, 0.4) is 0 Å². The van der Waals surface area contributed by atoms with E-state index in [0.717, 1.165) is 26.1 Å². The monoisotopic (exact) mass is 278 g/mol. The van der Waals surface area contributed by atoms with Gasteiger partial charge >= 0.3 is 0 Å². The Morgan fingerprint density at radius 3 is 2.80 bits per heavy atom. The van der Waals surface area contributed by atoms with Crippen LogP contribution >= 0.6 is 0 Å². The van der Waals surface area contributed by atoms with E-state index in [9.17, 15) is 9.90 Å². The summed E-state index contributed by atoms with van der Waals surface area (Å²) in [7, 11) is 0. The summed E-state index contributed by atoms with van der Waals surface area (Å²) in [6.07, 6.45) is 0.906. The van der Waals surface area contributed by atoms with E-state index in [4.69, 9.17) is 5.11 Å². The minimum atomic E-state index is -0.0238. The predicted octanol–water partition coefficient (Wildman–Crippen LogP) is 0.841. The van der Waals surface area contributed by atoms with Crippen LogP contribution in [0.5, 0.6) is 5.75 Å². The number of carbonyl (C=O) groups excluding carboxylic acids is 1. The minimum Gasteiger partial charge on any atom is -0.508 e. The van der Waals surface area contributed by atoms with Gasteiger partial charge in [0.15, 0.2) is 0 Å². The van der Waals surface area contributed by atoms with Crippen LogP contribution in [0.1, 0.15) is 22.3 Å². The van der Waals surface area contributed by atoms with Crippen molar-refractivity contribution in [1.82, 2.24) is 9.80 Å². The zero-order valence-corrected chi connectivity index (χ0v) is 11.9. The summed E-state index contributed by atoms with van der Waals surface area (Å²) in [5.41, 5.74) is 1.20. The number of aliphatic hydroxyl groups is 1. The van der Waals surface area contributed by atoms with Crippen molar-refractivity contribution in [3.8, 4) is 5.75 Å². The third kappa shape index (κ3) is 3.29. The number of rotatable bonds is 3. The highest BCUT2D eigenvalue weighted by molar-refractivity contribution is 5.96. The van der Waals surface area contributed by atoms with Crippen molar-refractivity contribution < 1.29 is 15.0 Å². The van der Waals surface area contributed by atoms with Gasteiger partial charge in [0.25, 0.3) is 5.91 Å². The second-order valence-corrected chi connectivity index (χ2v) is 5.16. The third-order valence-electron chi connectivity index (χ3n) is 3.83. The first-order valence-electron chi connectivity index (χ1n) is 7.04. The van der Waals surface area contributed by atoms with Gasteiger partial charge in [-0.15, -0.1) is 0 Å². The topological polar surface area (TPSA) is 64.0 Å². The molecule has 1 aromatic carbocycles. The van der Waals surface area contributed by atoms with Gasteiger partial charge in [-0.2, -0.15) is 0 Å². The van der Waals surface area contributed by atoms with Crippen LogP contribution in [0, 0.1) is 6.92 Å². The summed E-state index contributed by atoms with van der Waals surface area (Å²) in [6, 6.07) is 5.05. The summed E-state index contributed by atoms with van der Waals surface area (Å²) < 4.78 is 0. The average molecular weight is 278 g/mol. The van der Waals surface area contributed by atoms with Crippen LogP contribution in [-0.4, -0.2) is 65.3 Å². The Hall–Kier alpha value is -1.59. The van der Waals surface area contributed by atoms with E-state index in [0.29, 0.717) is 24.2 Å². The molecule has 1 aromatic rings. The molecule has 0 radical (unpaired) electrons. The maximum Gasteiger partial charge on any atom is 0.254 e. The Morgan fingerprint density at radius 1 is 1.25 bits per heavy atom. The number of hydrogen-bond donors (Lipinski definition) is 2. The number of nitrogens with zero attached hydrogens (tertiary/aromatic N) is 2. The molecule has 1 heterocycles. The molecule has 0 atom stereocenters. The van der Waals surface area contributed by atoms with Crippen molar-refractivity contribution in [1.29, 1.82) is 0 Å². The summed E-state index contributed by atoms with van der Waals surface area (Å²) in [4.78, 5) is 16.5. The van der Waals surface area contributed by atoms with Crippen LogP contribution < -0.4 is 0 Å². The first-order chi connectivity index (χ1) is 9.63. The molecular weight excluding hydrogens is 256 g/mol. The summed E-state index contributed by atoms with van der Waals surface area (Å²) in [5.74, 6) is 0.136. The van der Waals surface area contributed by atoms with Crippen molar-refractivity contribution in [3.63, 3.8) is 0 Å². The highest BCUT2D eigenvalue weighted by Crippen LogP contribution is 2.21. The largest absolute Gasteiger partial charge is 0.508 e. The first kappa shape index (κ1) is 14.8. The normalized spacial score (nSPS) is 17.0. The van der Waals surface area contributed by atoms with Gasteiger partial charge in [-0.05, 0) is 32.0 Å². The molecule has 0 spiro atoms. The lowest BCUT2D eigenvalue weighted by Gasteiger charge is -2.22. The second kappa shape index (κ2) is 6.72. The van der Waals surface area contributed by atoms with E-state index in [1.807, 2.05) is 4.90 Å². The fourth-order valence-electron chi connectivity index (χ4n) is 2.56. The Bertz CT molecular complexity index is 476. The van der Waals surface area contributed by atoms with Crippen molar-refractivity contribution in [2.75, 3.05) is 39.3 Å². The van der Waals surface area contributed by atoms with E-state index in [1.54, 1.807) is 25.1 Å². The van der Waals surface area contributed by atoms with Gasteiger partial charge in [-0.25, -0.2) is 0 Å². The number of phenols is 1. The molecule has 20 heavy (non-hydrogen) atoms. The summed E-state index contributed by atoms with van der Waals surface area (Å²) in [6.45, 7) is 5.64. The zero-order valence-electron chi connectivity index (χ0n) is 11.9. The highest BCUT2D eigenvalue weighted by Gasteiger charge is 2.21. The molecule has 5 nitrogen and oxygen atoms in total. The zero-order chi connectivity index (χ0) is 14.5. The lowest BCUT2D eigenvalue weighted by molar-refractivity contribution is 0.0759. The van der Waals surface area contributed by atoms with Gasteiger partial charge in [-0.3, -0.25) is 9.69 Å². The van der Waals surface area contributed by atoms with Gasteiger partial charge in [0.1, 0.15) is 5.75 Å². The van der Waals surface area contributed by atoms with Crippen LogP contribution in [0.25, 0.3) is 0 Å². The third-order valence-corrected chi connectivity index (χ3v) is 3.83. The number of phenolic OH excluding ortho intramolecular Hbond substituents is 1. The molecule has 110 valence electrons. The molecule has 0 saturated carbocycles. The number of hydrogen-bond acceptors (Lipinski definition) is 4. The molecule has 1 fully saturated rings. The van der Waals surface area contributed by atoms with Gasteiger partial charge < -0.3 is 15.1 Å².